The van der Waals surface area contributed by atoms with E-state index in [9.17, 15) is 22.6 Å². The molecule has 12 heteroatoms. The van der Waals surface area contributed by atoms with E-state index in [0.717, 1.165) is 30.4 Å². The monoisotopic (exact) mass is 622 g/mol. The van der Waals surface area contributed by atoms with Gasteiger partial charge in [0.05, 0.1) is 24.0 Å². The van der Waals surface area contributed by atoms with Gasteiger partial charge in [-0.25, -0.2) is 4.98 Å². The number of carbonyl (C=O) groups is 2. The summed E-state index contributed by atoms with van der Waals surface area (Å²) in [5.41, 5.74) is 1.60. The minimum absolute atomic E-state index is 0.171. The molecule has 2 heterocycles. The van der Waals surface area contributed by atoms with Gasteiger partial charge in [0.2, 0.25) is 5.03 Å². The van der Waals surface area contributed by atoms with Crippen LogP contribution in [-0.2, 0) is 23.1 Å². The van der Waals surface area contributed by atoms with Crippen LogP contribution in [-0.4, -0.2) is 58.4 Å². The smallest absolute Gasteiger partial charge is 0.313 e. The Morgan fingerprint density at radius 1 is 1.09 bits per heavy atom. The Balaban J connectivity index is 1.46. The molecule has 10 nitrogen and oxygen atoms in total. The maximum atomic E-state index is 13.7. The Morgan fingerprint density at radius 2 is 1.84 bits per heavy atom. The molecule has 224 valence electrons. The number of ether oxygens (including phenoxy) is 1. The average molecular weight is 623 g/mol. The Bertz CT molecular complexity index is 1720. The van der Waals surface area contributed by atoms with E-state index >= 15 is 0 Å². The van der Waals surface area contributed by atoms with Crippen molar-refractivity contribution in [1.29, 1.82) is 0 Å². The third-order valence-corrected chi connectivity index (χ3v) is 8.14. The molecule has 0 bridgehead atoms. The molecule has 2 amide bonds. The molecule has 1 fully saturated rings. The molecule has 1 aliphatic heterocycles. The van der Waals surface area contributed by atoms with Crippen molar-refractivity contribution in [2.75, 3.05) is 13.1 Å². The quantitative estimate of drug-likeness (QED) is 0.253. The minimum Gasteiger partial charge on any atom is -0.489 e. The lowest BCUT2D eigenvalue weighted by Crippen LogP contribution is -2.44. The maximum absolute atomic E-state index is 13.7. The zero-order valence-corrected chi connectivity index (χ0v) is 25.0. The van der Waals surface area contributed by atoms with Crippen molar-refractivity contribution in [3.8, 4) is 11.4 Å². The summed E-state index contributed by atoms with van der Waals surface area (Å²) in [6, 6.07) is 21.1. The van der Waals surface area contributed by atoms with E-state index in [2.05, 4.69) is 10.3 Å². The number of nitrogens with one attached hydrogen (secondary N) is 1. The van der Waals surface area contributed by atoms with Crippen LogP contribution in [0.15, 0.2) is 84.0 Å². The molecule has 0 spiro atoms. The zero-order valence-electron chi connectivity index (χ0n) is 23.4. The number of aromatic nitrogens is 2. The molecule has 0 radical (unpaired) electrons. The maximum Gasteiger partial charge on any atom is 0.313 e. The summed E-state index contributed by atoms with van der Waals surface area (Å²) in [5, 5.41) is 2.89. The number of nitrogens with zero attached hydrogens (tertiary/aromatic N) is 3. The second-order valence-electron chi connectivity index (χ2n) is 10.2. The van der Waals surface area contributed by atoms with Crippen molar-refractivity contribution in [3.63, 3.8) is 0 Å². The molecular formula is C31H31ClN4O6S. The van der Waals surface area contributed by atoms with E-state index in [0.29, 0.717) is 35.9 Å². The number of rotatable bonds is 9. The van der Waals surface area contributed by atoms with E-state index in [1.54, 1.807) is 48.2 Å². The fourth-order valence-electron chi connectivity index (χ4n) is 5.01. The van der Waals surface area contributed by atoms with Gasteiger partial charge in [0, 0.05) is 30.1 Å². The van der Waals surface area contributed by atoms with E-state index in [1.807, 2.05) is 30.3 Å². The van der Waals surface area contributed by atoms with Crippen molar-refractivity contribution in [2.24, 2.45) is 0 Å². The number of piperidine rings is 1. The van der Waals surface area contributed by atoms with Gasteiger partial charge in [-0.15, -0.1) is 0 Å². The molecule has 1 unspecified atom stereocenters. The van der Waals surface area contributed by atoms with Gasteiger partial charge >= 0.3 is 10.1 Å². The molecule has 1 saturated heterocycles. The standard InChI is InChI=1S/C31H31ClN4O6S/c1-2-28-34-29(43(39,40)41)20-36(28)27-17-22(12-15-26(27)30(37)33-18-21-10-13-23(32)14-11-21)31(38)35-16-6-9-25(19-35)42-24-7-4-3-5-8-24/h3-5,7-8,10-15,17,20,25H,2,6,9,16,18-19H2,1H3,(H,33,37)(H,39,40,41). The van der Waals surface area contributed by atoms with Crippen LogP contribution in [0.5, 0.6) is 5.75 Å². The van der Waals surface area contributed by atoms with Gasteiger partial charge < -0.3 is 19.5 Å². The zero-order chi connectivity index (χ0) is 30.6. The second kappa shape index (κ2) is 13.0. The summed E-state index contributed by atoms with van der Waals surface area (Å²) in [6.07, 6.45) is 2.85. The molecule has 3 aromatic carbocycles. The Kier molecular flexibility index (Phi) is 9.14. The van der Waals surface area contributed by atoms with Crippen LogP contribution >= 0.6 is 11.6 Å². The first-order valence-electron chi connectivity index (χ1n) is 13.9. The molecule has 1 aliphatic rings. The molecule has 1 aromatic heterocycles. The van der Waals surface area contributed by atoms with Gasteiger partial charge in [-0.3, -0.25) is 14.1 Å². The van der Waals surface area contributed by atoms with E-state index in [-0.39, 0.29) is 29.8 Å². The van der Waals surface area contributed by atoms with Gasteiger partial charge in [0.25, 0.3) is 11.8 Å². The molecule has 2 N–H and O–H groups in total. The lowest BCUT2D eigenvalue weighted by molar-refractivity contribution is 0.0537. The highest BCUT2D eigenvalue weighted by molar-refractivity contribution is 7.85. The van der Waals surface area contributed by atoms with Gasteiger partial charge in [-0.05, 0) is 60.9 Å². The lowest BCUT2D eigenvalue weighted by atomic mass is 10.0. The number of aryl methyl sites for hydroxylation is 1. The van der Waals surface area contributed by atoms with Gasteiger partial charge in [0.15, 0.2) is 0 Å². The summed E-state index contributed by atoms with van der Waals surface area (Å²) in [7, 11) is -4.61. The van der Waals surface area contributed by atoms with Gasteiger partial charge in [-0.1, -0.05) is 48.9 Å². The largest absolute Gasteiger partial charge is 0.489 e. The normalized spacial score (nSPS) is 15.2. The number of hydrogen-bond acceptors (Lipinski definition) is 6. The highest BCUT2D eigenvalue weighted by Crippen LogP contribution is 2.25. The predicted octanol–water partition coefficient (Wildman–Crippen LogP) is 4.95. The number of halogens is 1. The van der Waals surface area contributed by atoms with E-state index < -0.39 is 21.1 Å². The third kappa shape index (κ3) is 7.24. The summed E-state index contributed by atoms with van der Waals surface area (Å²) >= 11 is 5.97. The van der Waals surface area contributed by atoms with Crippen molar-refractivity contribution in [2.45, 2.75) is 43.9 Å². The van der Waals surface area contributed by atoms with Crippen LogP contribution in [0.3, 0.4) is 0 Å². The number of likely N-dealkylation sites (tertiary alicyclic amines) is 1. The van der Waals surface area contributed by atoms with E-state index in [1.165, 1.54) is 10.6 Å². The highest BCUT2D eigenvalue weighted by Gasteiger charge is 2.28. The molecule has 4 aromatic rings. The van der Waals surface area contributed by atoms with Crippen molar-refractivity contribution in [3.05, 3.63) is 107 Å². The Hall–Kier alpha value is -4.19. The first-order chi connectivity index (χ1) is 20.6. The molecule has 0 saturated carbocycles. The van der Waals surface area contributed by atoms with E-state index in [4.69, 9.17) is 16.3 Å². The molecule has 0 aliphatic carbocycles. The number of amides is 2. The number of hydrogen-bond donors (Lipinski definition) is 2. The lowest BCUT2D eigenvalue weighted by Gasteiger charge is -2.33. The topological polar surface area (TPSA) is 131 Å². The summed E-state index contributed by atoms with van der Waals surface area (Å²) in [5.74, 6) is 0.337. The van der Waals surface area contributed by atoms with Crippen molar-refractivity contribution < 1.29 is 27.3 Å². The minimum atomic E-state index is -4.61. The fraction of sp³-hybridized carbons (Fsp3) is 0.258. The molecule has 5 rings (SSSR count). The number of imidazole rings is 1. The third-order valence-electron chi connectivity index (χ3n) is 7.16. The Labute approximate surface area is 255 Å². The number of para-hydroxylation sites is 1. The molecular weight excluding hydrogens is 592 g/mol. The predicted molar refractivity (Wildman–Crippen MR) is 161 cm³/mol. The average Bonchev–Trinajstić information content (AvgIpc) is 3.46. The Morgan fingerprint density at radius 3 is 2.53 bits per heavy atom. The molecule has 43 heavy (non-hydrogen) atoms. The van der Waals surface area contributed by atoms with Crippen molar-refractivity contribution >= 4 is 33.5 Å². The first-order valence-corrected chi connectivity index (χ1v) is 15.7. The summed E-state index contributed by atoms with van der Waals surface area (Å²) < 4.78 is 41.0. The first kappa shape index (κ1) is 30.3. The SMILES string of the molecule is CCc1nc(S(=O)(=O)O)cn1-c1cc(C(=O)N2CCCC(Oc3ccccc3)C2)ccc1C(=O)NCc1ccc(Cl)cc1. The van der Waals surface area contributed by atoms with Crippen LogP contribution in [0.1, 0.15) is 51.9 Å². The van der Waals surface area contributed by atoms with Crippen LogP contribution < -0.4 is 10.1 Å². The highest BCUT2D eigenvalue weighted by atomic mass is 35.5. The van der Waals surface area contributed by atoms with Gasteiger partial charge in [-0.2, -0.15) is 8.42 Å². The number of benzene rings is 3. The second-order valence-corrected chi connectivity index (χ2v) is 12.0. The molecule has 1 atom stereocenters. The van der Waals surface area contributed by atoms with Gasteiger partial charge in [0.1, 0.15) is 17.7 Å². The summed E-state index contributed by atoms with van der Waals surface area (Å²) in [4.78, 5) is 32.9. The van der Waals surface area contributed by atoms with Crippen LogP contribution in [0, 0.1) is 0 Å². The fourth-order valence-corrected chi connectivity index (χ4v) is 5.59. The summed E-state index contributed by atoms with van der Waals surface area (Å²) in [6.45, 7) is 2.92. The van der Waals surface area contributed by atoms with Crippen molar-refractivity contribution in [1.82, 2.24) is 19.8 Å². The van der Waals surface area contributed by atoms with Crippen LogP contribution in [0.25, 0.3) is 5.69 Å². The van der Waals surface area contributed by atoms with Crippen LogP contribution in [0.2, 0.25) is 5.02 Å². The number of carbonyl (C=O) groups excluding carboxylic acids is 2. The van der Waals surface area contributed by atoms with Crippen LogP contribution in [0.4, 0.5) is 0 Å².